The summed E-state index contributed by atoms with van der Waals surface area (Å²) in [5.41, 5.74) is 2.46. The number of methoxy groups -OCH3 is 1. The van der Waals surface area contributed by atoms with E-state index in [1.807, 2.05) is 47.0 Å². The van der Waals surface area contributed by atoms with E-state index >= 15 is 0 Å². The highest BCUT2D eigenvalue weighted by Crippen LogP contribution is 2.18. The van der Waals surface area contributed by atoms with Crippen molar-refractivity contribution < 1.29 is 19.5 Å². The minimum absolute atomic E-state index is 0.163. The number of fused-ring (bicyclic) bond motifs is 1. The lowest BCUT2D eigenvalue weighted by Gasteiger charge is -2.23. The van der Waals surface area contributed by atoms with Gasteiger partial charge in [-0.05, 0) is 55.7 Å². The summed E-state index contributed by atoms with van der Waals surface area (Å²) >= 11 is 0. The molecule has 4 rings (SSSR count). The average Bonchev–Trinajstić information content (AvgIpc) is 3.08. The molecule has 3 aromatic rings. The van der Waals surface area contributed by atoms with Crippen LogP contribution in [0.2, 0.25) is 0 Å². The van der Waals surface area contributed by atoms with Crippen LogP contribution in [0.15, 0.2) is 48.5 Å². The lowest BCUT2D eigenvalue weighted by atomic mass is 10.1. The number of hydrogen-bond donors (Lipinski definition) is 3. The number of quaternary nitrogens is 1. The van der Waals surface area contributed by atoms with Gasteiger partial charge < -0.3 is 28.6 Å². The van der Waals surface area contributed by atoms with Crippen LogP contribution >= 0.6 is 0 Å². The number of benzene rings is 2. The highest BCUT2D eigenvalue weighted by molar-refractivity contribution is 5.75. The first-order valence-electron chi connectivity index (χ1n) is 11.2. The predicted molar refractivity (Wildman–Crippen MR) is 120 cm³/mol. The molecular formula is C24H33N4O3+. The highest BCUT2D eigenvalue weighted by Gasteiger charge is 2.17. The zero-order valence-electron chi connectivity index (χ0n) is 18.2. The van der Waals surface area contributed by atoms with Crippen molar-refractivity contribution in [2.75, 3.05) is 33.4 Å². The minimum atomic E-state index is -0.719. The van der Waals surface area contributed by atoms with Gasteiger partial charge in [0, 0.05) is 0 Å². The zero-order chi connectivity index (χ0) is 21.6. The Morgan fingerprint density at radius 1 is 0.968 bits per heavy atom. The van der Waals surface area contributed by atoms with Crippen molar-refractivity contribution in [3.8, 4) is 11.5 Å². The first kappa shape index (κ1) is 21.5. The smallest absolute Gasteiger partial charge is 0.203 e. The van der Waals surface area contributed by atoms with E-state index < -0.39 is 6.10 Å². The molecule has 0 spiro atoms. The van der Waals surface area contributed by atoms with Gasteiger partial charge in [0.25, 0.3) is 0 Å². The van der Waals surface area contributed by atoms with Crippen molar-refractivity contribution >= 4 is 11.0 Å². The van der Waals surface area contributed by atoms with Crippen LogP contribution in [0.3, 0.4) is 0 Å². The van der Waals surface area contributed by atoms with Crippen LogP contribution in [0.1, 0.15) is 19.3 Å². The third-order valence-corrected chi connectivity index (χ3v) is 6.12. The monoisotopic (exact) mass is 425 g/mol. The van der Waals surface area contributed by atoms with Gasteiger partial charge >= 0.3 is 0 Å². The van der Waals surface area contributed by atoms with Crippen LogP contribution in [-0.4, -0.2) is 53.7 Å². The second kappa shape index (κ2) is 10.0. The van der Waals surface area contributed by atoms with Gasteiger partial charge in [0.2, 0.25) is 5.62 Å². The number of aliphatic hydroxyl groups excluding tert-OH is 1. The second-order valence-corrected chi connectivity index (χ2v) is 8.28. The van der Waals surface area contributed by atoms with Gasteiger partial charge in [0.15, 0.2) is 0 Å². The number of aromatic nitrogens is 2. The molecule has 1 atom stereocenters. The van der Waals surface area contributed by atoms with Gasteiger partial charge in [-0.2, -0.15) is 0 Å². The van der Waals surface area contributed by atoms with E-state index in [1.165, 1.54) is 32.4 Å². The average molecular weight is 426 g/mol. The molecule has 0 amide bonds. The molecule has 1 saturated heterocycles. The Kier molecular flexibility index (Phi) is 6.94. The maximum atomic E-state index is 10.6. The Morgan fingerprint density at radius 3 is 2.29 bits per heavy atom. The summed E-state index contributed by atoms with van der Waals surface area (Å²) in [5, 5.41) is 19.4. The molecule has 2 aromatic carbocycles. The summed E-state index contributed by atoms with van der Waals surface area (Å²) < 4.78 is 14.9. The molecule has 7 nitrogen and oxygen atoms in total. The Morgan fingerprint density at radius 2 is 1.61 bits per heavy atom. The fraction of sp³-hybridized carbons (Fsp3) is 0.458. The van der Waals surface area contributed by atoms with E-state index in [-0.39, 0.29) is 6.61 Å². The molecule has 0 aliphatic carbocycles. The summed E-state index contributed by atoms with van der Waals surface area (Å²) in [6.45, 7) is 4.80. The fourth-order valence-electron chi connectivity index (χ4n) is 4.41. The molecule has 1 aliphatic rings. The van der Waals surface area contributed by atoms with Gasteiger partial charge in [-0.25, -0.2) is 0 Å². The summed E-state index contributed by atoms with van der Waals surface area (Å²) in [6, 6.07) is 15.4. The fourth-order valence-corrected chi connectivity index (χ4v) is 4.41. The lowest BCUT2D eigenvalue weighted by molar-refractivity contribution is -0.905. The number of hydrogen-bond acceptors (Lipinski definition) is 4. The zero-order valence-corrected chi connectivity index (χ0v) is 18.2. The van der Waals surface area contributed by atoms with Crippen LogP contribution in [0, 0.1) is 5.41 Å². The summed E-state index contributed by atoms with van der Waals surface area (Å²) in [7, 11) is 1.62. The Bertz CT molecular complexity index is 1040. The Balaban J connectivity index is 1.45. The van der Waals surface area contributed by atoms with Gasteiger partial charge in [0.1, 0.15) is 24.2 Å². The Hall–Kier alpha value is -2.77. The number of ether oxygens (including phenoxy) is 2. The van der Waals surface area contributed by atoms with E-state index in [1.54, 1.807) is 12.0 Å². The number of nitrogens with one attached hydrogen (secondary N) is 2. The topological polar surface area (TPSA) is 76.8 Å². The maximum absolute atomic E-state index is 10.6. The summed E-state index contributed by atoms with van der Waals surface area (Å²) in [5.74, 6) is 1.45. The highest BCUT2D eigenvalue weighted by atomic mass is 16.5. The Labute approximate surface area is 182 Å². The number of imidazole rings is 1. The number of likely N-dealkylation sites (tertiary alicyclic amines) is 1. The summed E-state index contributed by atoms with van der Waals surface area (Å²) in [4.78, 5) is 1.63. The van der Waals surface area contributed by atoms with Crippen molar-refractivity contribution in [2.24, 2.45) is 0 Å². The molecule has 1 aliphatic heterocycles. The van der Waals surface area contributed by atoms with Crippen LogP contribution < -0.4 is 20.0 Å². The van der Waals surface area contributed by atoms with Gasteiger partial charge in [0.05, 0.1) is 50.9 Å². The van der Waals surface area contributed by atoms with Gasteiger partial charge in [-0.1, -0.05) is 12.1 Å². The first-order valence-corrected chi connectivity index (χ1v) is 11.2. The van der Waals surface area contributed by atoms with Crippen molar-refractivity contribution in [3.05, 3.63) is 54.1 Å². The molecule has 0 saturated carbocycles. The number of piperidine rings is 1. The van der Waals surface area contributed by atoms with Crippen LogP contribution in [-0.2, 0) is 13.1 Å². The van der Waals surface area contributed by atoms with E-state index in [9.17, 15) is 5.11 Å². The van der Waals surface area contributed by atoms with Crippen LogP contribution in [0.5, 0.6) is 11.5 Å². The SMILES string of the molecule is COc1ccc(OCC(O)Cn2c(=N)n(CC[NH+]3CCCCC3)c3ccccc32)cc1. The largest absolute Gasteiger partial charge is 0.497 e. The molecule has 1 aromatic heterocycles. The van der Waals surface area contributed by atoms with E-state index in [2.05, 4.69) is 10.6 Å². The van der Waals surface area contributed by atoms with E-state index in [0.717, 1.165) is 29.9 Å². The predicted octanol–water partition coefficient (Wildman–Crippen LogP) is 1.44. The molecule has 0 bridgehead atoms. The number of para-hydroxylation sites is 2. The number of nitrogens with zero attached hydrogens (tertiary/aromatic N) is 2. The van der Waals surface area contributed by atoms with Crippen molar-refractivity contribution in [1.82, 2.24) is 9.13 Å². The molecule has 1 unspecified atom stereocenters. The molecule has 7 heteroatoms. The standard InChI is InChI=1S/C24H32N4O3/c1-30-20-9-11-21(12-10-20)31-18-19(29)17-28-23-8-4-3-7-22(23)27(24(28)25)16-15-26-13-5-2-6-14-26/h3-4,7-12,19,25,29H,2,5-6,13-18H2,1H3/p+1. The number of rotatable bonds is 9. The molecule has 1 fully saturated rings. The lowest BCUT2D eigenvalue weighted by Crippen LogP contribution is -3.13. The molecule has 3 N–H and O–H groups in total. The van der Waals surface area contributed by atoms with E-state index in [0.29, 0.717) is 17.9 Å². The van der Waals surface area contributed by atoms with Crippen LogP contribution in [0.4, 0.5) is 0 Å². The van der Waals surface area contributed by atoms with Crippen molar-refractivity contribution in [3.63, 3.8) is 0 Å². The van der Waals surface area contributed by atoms with Crippen molar-refractivity contribution in [2.45, 2.75) is 38.5 Å². The van der Waals surface area contributed by atoms with Gasteiger partial charge in [-0.15, -0.1) is 0 Å². The first-order chi connectivity index (χ1) is 15.2. The van der Waals surface area contributed by atoms with Crippen LogP contribution in [0.25, 0.3) is 11.0 Å². The molecular weight excluding hydrogens is 392 g/mol. The summed E-state index contributed by atoms with van der Waals surface area (Å²) in [6.07, 6.45) is 3.23. The third kappa shape index (κ3) is 5.11. The normalized spacial score (nSPS) is 15.8. The molecule has 31 heavy (non-hydrogen) atoms. The molecule has 0 radical (unpaired) electrons. The van der Waals surface area contributed by atoms with E-state index in [4.69, 9.17) is 14.9 Å². The number of aliphatic hydroxyl groups is 1. The maximum Gasteiger partial charge on any atom is 0.203 e. The minimum Gasteiger partial charge on any atom is -0.497 e. The third-order valence-electron chi connectivity index (χ3n) is 6.12. The van der Waals surface area contributed by atoms with Crippen molar-refractivity contribution in [1.29, 1.82) is 5.41 Å². The molecule has 166 valence electrons. The quantitative estimate of drug-likeness (QED) is 0.486. The molecule has 2 heterocycles. The second-order valence-electron chi connectivity index (χ2n) is 8.28. The van der Waals surface area contributed by atoms with Gasteiger partial charge in [-0.3, -0.25) is 5.41 Å².